The summed E-state index contributed by atoms with van der Waals surface area (Å²) in [5.74, 6) is -0.854. The minimum absolute atomic E-state index is 0.0250. The van der Waals surface area contributed by atoms with E-state index in [1.165, 1.54) is 17.8 Å². The Bertz CT molecular complexity index is 263. The van der Waals surface area contributed by atoms with E-state index in [2.05, 4.69) is 0 Å². The van der Waals surface area contributed by atoms with Crippen molar-refractivity contribution in [1.82, 2.24) is 0 Å². The average Bonchev–Trinajstić information content (AvgIpc) is 2.08. The first kappa shape index (κ1) is 9.48. The average molecular weight is 189 g/mol. The summed E-state index contributed by atoms with van der Waals surface area (Å²) in [6.07, 6.45) is 1.69. The van der Waals surface area contributed by atoms with E-state index in [4.69, 9.17) is 5.73 Å². The maximum Gasteiger partial charge on any atom is 0.141 e. The second-order valence-electron chi connectivity index (χ2n) is 2.29. The zero-order valence-corrected chi connectivity index (χ0v) is 7.42. The molecule has 12 heavy (non-hydrogen) atoms. The molecule has 0 saturated heterocycles. The Hall–Kier alpha value is -0.610. The molecule has 4 heteroatoms. The molecule has 0 fully saturated rings. The van der Waals surface area contributed by atoms with Crippen LogP contribution >= 0.6 is 11.8 Å². The van der Waals surface area contributed by atoms with Crippen molar-refractivity contribution in [2.45, 2.75) is 11.4 Å². The van der Waals surface area contributed by atoms with Gasteiger partial charge in [-0.2, -0.15) is 0 Å². The molecule has 0 atom stereocenters. The molecular formula is C8H9F2NS. The van der Waals surface area contributed by atoms with Gasteiger partial charge in [-0.1, -0.05) is 0 Å². The summed E-state index contributed by atoms with van der Waals surface area (Å²) in [5, 5.41) is 0. The first-order chi connectivity index (χ1) is 5.69. The van der Waals surface area contributed by atoms with Gasteiger partial charge in [0, 0.05) is 17.0 Å². The quantitative estimate of drug-likeness (QED) is 0.721. The molecular weight excluding hydrogens is 180 g/mol. The molecule has 0 spiro atoms. The van der Waals surface area contributed by atoms with Crippen LogP contribution in [0, 0.1) is 11.6 Å². The van der Waals surface area contributed by atoms with Crippen molar-refractivity contribution in [3.8, 4) is 0 Å². The zero-order chi connectivity index (χ0) is 9.14. The van der Waals surface area contributed by atoms with Crippen LogP contribution in [0.2, 0.25) is 0 Å². The van der Waals surface area contributed by atoms with Crippen LogP contribution in [0.25, 0.3) is 0 Å². The van der Waals surface area contributed by atoms with Gasteiger partial charge in [-0.3, -0.25) is 0 Å². The molecule has 0 saturated carbocycles. The molecule has 1 rings (SSSR count). The topological polar surface area (TPSA) is 26.0 Å². The fourth-order valence-corrected chi connectivity index (χ4v) is 1.46. The van der Waals surface area contributed by atoms with Gasteiger partial charge >= 0.3 is 0 Å². The summed E-state index contributed by atoms with van der Waals surface area (Å²) >= 11 is 1.17. The van der Waals surface area contributed by atoms with Gasteiger partial charge in [-0.15, -0.1) is 11.8 Å². The van der Waals surface area contributed by atoms with Crippen LogP contribution in [-0.2, 0) is 6.54 Å². The minimum atomic E-state index is -0.443. The van der Waals surface area contributed by atoms with E-state index < -0.39 is 11.6 Å². The number of thioether (sulfide) groups is 1. The van der Waals surface area contributed by atoms with E-state index in [1.807, 2.05) is 0 Å². The summed E-state index contributed by atoms with van der Waals surface area (Å²) in [6, 6.07) is 2.29. The SMILES string of the molecule is CSc1cc(F)cc(CN)c1F. The van der Waals surface area contributed by atoms with Crippen LogP contribution in [0.5, 0.6) is 0 Å². The number of hydrogen-bond acceptors (Lipinski definition) is 2. The largest absolute Gasteiger partial charge is 0.326 e. The fraction of sp³-hybridized carbons (Fsp3) is 0.250. The van der Waals surface area contributed by atoms with Gasteiger partial charge in [0.05, 0.1) is 0 Å². The van der Waals surface area contributed by atoms with E-state index in [-0.39, 0.29) is 12.1 Å². The predicted octanol–water partition coefficient (Wildman–Crippen LogP) is 2.15. The lowest BCUT2D eigenvalue weighted by molar-refractivity contribution is 0.562. The smallest absolute Gasteiger partial charge is 0.141 e. The molecule has 0 aliphatic rings. The lowest BCUT2D eigenvalue weighted by Crippen LogP contribution is -2.01. The monoisotopic (exact) mass is 189 g/mol. The highest BCUT2D eigenvalue weighted by molar-refractivity contribution is 7.98. The second kappa shape index (κ2) is 3.87. The highest BCUT2D eigenvalue weighted by Gasteiger charge is 2.08. The molecule has 0 bridgehead atoms. The van der Waals surface area contributed by atoms with Gasteiger partial charge in [0.1, 0.15) is 11.6 Å². The summed E-state index contributed by atoms with van der Waals surface area (Å²) in [7, 11) is 0. The summed E-state index contributed by atoms with van der Waals surface area (Å²) in [5.41, 5.74) is 5.45. The Morgan fingerprint density at radius 2 is 2.08 bits per heavy atom. The number of hydrogen-bond donors (Lipinski definition) is 1. The highest BCUT2D eigenvalue weighted by atomic mass is 32.2. The van der Waals surface area contributed by atoms with Crippen LogP contribution in [0.3, 0.4) is 0 Å². The predicted molar refractivity (Wildman–Crippen MR) is 46.0 cm³/mol. The summed E-state index contributed by atoms with van der Waals surface area (Å²) < 4.78 is 25.9. The molecule has 1 aromatic carbocycles. The van der Waals surface area contributed by atoms with Crippen molar-refractivity contribution < 1.29 is 8.78 Å². The summed E-state index contributed by atoms with van der Waals surface area (Å²) in [4.78, 5) is 0.301. The van der Waals surface area contributed by atoms with Crippen molar-refractivity contribution in [3.05, 3.63) is 29.3 Å². The van der Waals surface area contributed by atoms with E-state index in [0.29, 0.717) is 4.90 Å². The first-order valence-electron chi connectivity index (χ1n) is 3.41. The molecule has 1 nitrogen and oxygen atoms in total. The minimum Gasteiger partial charge on any atom is -0.326 e. The normalized spacial score (nSPS) is 10.3. The standard InChI is InChI=1S/C8H9F2NS/c1-12-7-3-6(9)2-5(4-11)8(7)10/h2-3H,4,11H2,1H3. The van der Waals surface area contributed by atoms with E-state index in [1.54, 1.807) is 6.26 Å². The highest BCUT2D eigenvalue weighted by Crippen LogP contribution is 2.23. The third kappa shape index (κ3) is 1.76. The van der Waals surface area contributed by atoms with Gasteiger partial charge in [-0.05, 0) is 18.4 Å². The number of halogens is 2. The van der Waals surface area contributed by atoms with Crippen molar-refractivity contribution >= 4 is 11.8 Å². The maximum atomic E-state index is 13.2. The first-order valence-corrected chi connectivity index (χ1v) is 4.63. The molecule has 0 aromatic heterocycles. The Morgan fingerprint density at radius 3 is 2.58 bits per heavy atom. The third-order valence-corrected chi connectivity index (χ3v) is 2.26. The number of rotatable bonds is 2. The molecule has 0 unspecified atom stereocenters. The third-order valence-electron chi connectivity index (χ3n) is 1.52. The second-order valence-corrected chi connectivity index (χ2v) is 3.13. The Balaban J connectivity index is 3.22. The Morgan fingerprint density at radius 1 is 1.42 bits per heavy atom. The van der Waals surface area contributed by atoms with Crippen molar-refractivity contribution in [2.75, 3.05) is 6.26 Å². The number of nitrogens with two attached hydrogens (primary N) is 1. The Kier molecular flexibility index (Phi) is 3.05. The Labute approximate surface area is 74.0 Å². The molecule has 66 valence electrons. The lowest BCUT2D eigenvalue weighted by atomic mass is 10.2. The van der Waals surface area contributed by atoms with Gasteiger partial charge in [0.25, 0.3) is 0 Å². The molecule has 2 N–H and O–H groups in total. The van der Waals surface area contributed by atoms with Crippen molar-refractivity contribution in [3.63, 3.8) is 0 Å². The van der Waals surface area contributed by atoms with Crippen LogP contribution in [0.4, 0.5) is 8.78 Å². The molecule has 0 aliphatic carbocycles. The van der Waals surface area contributed by atoms with Gasteiger partial charge in [0.15, 0.2) is 0 Å². The molecule has 0 radical (unpaired) electrons. The van der Waals surface area contributed by atoms with Crippen LogP contribution in [0.15, 0.2) is 17.0 Å². The van der Waals surface area contributed by atoms with E-state index in [0.717, 1.165) is 6.07 Å². The maximum absolute atomic E-state index is 13.2. The van der Waals surface area contributed by atoms with Gasteiger partial charge < -0.3 is 5.73 Å². The van der Waals surface area contributed by atoms with Crippen molar-refractivity contribution in [1.29, 1.82) is 0 Å². The zero-order valence-electron chi connectivity index (χ0n) is 6.60. The number of benzene rings is 1. The molecule has 1 aromatic rings. The van der Waals surface area contributed by atoms with Crippen LogP contribution in [-0.4, -0.2) is 6.26 Å². The lowest BCUT2D eigenvalue weighted by Gasteiger charge is -2.04. The van der Waals surface area contributed by atoms with Gasteiger partial charge in [-0.25, -0.2) is 8.78 Å². The van der Waals surface area contributed by atoms with Crippen LogP contribution in [0.1, 0.15) is 5.56 Å². The van der Waals surface area contributed by atoms with E-state index in [9.17, 15) is 8.78 Å². The fourth-order valence-electron chi connectivity index (χ4n) is 0.915. The molecule has 0 heterocycles. The molecule has 0 amide bonds. The summed E-state index contributed by atoms with van der Waals surface area (Å²) in [6.45, 7) is 0.0250. The van der Waals surface area contributed by atoms with Crippen LogP contribution < -0.4 is 5.73 Å². The van der Waals surface area contributed by atoms with Gasteiger partial charge in [0.2, 0.25) is 0 Å². The molecule has 0 aliphatic heterocycles. The van der Waals surface area contributed by atoms with Crippen molar-refractivity contribution in [2.24, 2.45) is 5.73 Å². The van der Waals surface area contributed by atoms with E-state index >= 15 is 0 Å².